The predicted octanol–water partition coefficient (Wildman–Crippen LogP) is 5.18. The fraction of sp³-hybridized carbons (Fsp3) is 0.269. The highest BCUT2D eigenvalue weighted by Gasteiger charge is 2.18. The molecule has 0 saturated carbocycles. The van der Waals surface area contributed by atoms with Crippen LogP contribution >= 0.6 is 11.8 Å². The summed E-state index contributed by atoms with van der Waals surface area (Å²) < 4.78 is 12.9. The molecule has 34 heavy (non-hydrogen) atoms. The molecule has 1 N–H and O–H groups in total. The second-order valence-electron chi connectivity index (χ2n) is 8.13. The van der Waals surface area contributed by atoms with Crippen LogP contribution in [0.5, 0.6) is 5.75 Å². The molecule has 1 amide bonds. The van der Waals surface area contributed by atoms with E-state index >= 15 is 0 Å². The largest absolute Gasteiger partial charge is 0.497 e. The number of rotatable bonds is 9. The van der Waals surface area contributed by atoms with Crippen LogP contribution in [0.15, 0.2) is 70.4 Å². The zero-order valence-corrected chi connectivity index (χ0v) is 20.6. The van der Waals surface area contributed by atoms with Crippen molar-refractivity contribution in [3.63, 3.8) is 0 Å². The molecular weight excluding hydrogens is 448 g/mol. The summed E-state index contributed by atoms with van der Waals surface area (Å²) in [6.07, 6.45) is 1.64. The fourth-order valence-electron chi connectivity index (χ4n) is 3.60. The van der Waals surface area contributed by atoms with E-state index in [1.165, 1.54) is 22.9 Å². The minimum atomic E-state index is -0.0827. The molecule has 0 aliphatic heterocycles. The maximum atomic E-state index is 12.7. The Hall–Kier alpha value is -3.52. The first-order valence-electron chi connectivity index (χ1n) is 11.0. The topological polar surface area (TPSA) is 82.2 Å². The number of carbonyl (C=O) groups is 1. The van der Waals surface area contributed by atoms with Crippen molar-refractivity contribution >= 4 is 17.7 Å². The van der Waals surface area contributed by atoms with Crippen LogP contribution in [0.4, 0.5) is 0 Å². The van der Waals surface area contributed by atoms with Crippen LogP contribution in [0.25, 0.3) is 11.4 Å². The number of furan rings is 1. The van der Waals surface area contributed by atoms with Crippen LogP contribution in [0.3, 0.4) is 0 Å². The highest BCUT2D eigenvalue weighted by molar-refractivity contribution is 7.99. The number of hydrogen-bond acceptors (Lipinski definition) is 6. The molecule has 4 aromatic rings. The normalized spacial score (nSPS) is 11.9. The van der Waals surface area contributed by atoms with Gasteiger partial charge in [-0.15, -0.1) is 10.2 Å². The van der Waals surface area contributed by atoms with Gasteiger partial charge >= 0.3 is 0 Å². The minimum Gasteiger partial charge on any atom is -0.497 e. The van der Waals surface area contributed by atoms with Crippen LogP contribution in [0, 0.1) is 13.8 Å². The van der Waals surface area contributed by atoms with Gasteiger partial charge in [0.25, 0.3) is 0 Å². The summed E-state index contributed by atoms with van der Waals surface area (Å²) in [5, 5.41) is 12.5. The molecule has 4 rings (SSSR count). The Morgan fingerprint density at radius 2 is 1.97 bits per heavy atom. The van der Waals surface area contributed by atoms with Gasteiger partial charge in [0, 0.05) is 5.56 Å². The molecule has 1 atom stereocenters. The molecule has 0 aliphatic carbocycles. The van der Waals surface area contributed by atoms with E-state index in [1.807, 2.05) is 47.9 Å². The Kier molecular flexibility index (Phi) is 7.37. The van der Waals surface area contributed by atoms with Crippen LogP contribution in [0.1, 0.15) is 35.4 Å². The molecule has 2 heterocycles. The van der Waals surface area contributed by atoms with Crippen LogP contribution in [-0.2, 0) is 11.3 Å². The molecule has 8 heteroatoms. The maximum absolute atomic E-state index is 12.7. The summed E-state index contributed by atoms with van der Waals surface area (Å²) in [6, 6.07) is 17.6. The Bertz CT molecular complexity index is 1270. The van der Waals surface area contributed by atoms with Crippen molar-refractivity contribution in [1.82, 2.24) is 20.1 Å². The van der Waals surface area contributed by atoms with Crippen molar-refractivity contribution in [3.8, 4) is 17.1 Å². The van der Waals surface area contributed by atoms with Gasteiger partial charge in [-0.05, 0) is 61.7 Å². The molecule has 1 unspecified atom stereocenters. The summed E-state index contributed by atoms with van der Waals surface area (Å²) >= 11 is 1.35. The molecule has 2 aromatic heterocycles. The number of nitrogens with one attached hydrogen (secondary N) is 1. The molecular formula is C26H28N4O3S. The van der Waals surface area contributed by atoms with Crippen LogP contribution < -0.4 is 10.1 Å². The second kappa shape index (κ2) is 10.6. The highest BCUT2D eigenvalue weighted by Crippen LogP contribution is 2.28. The van der Waals surface area contributed by atoms with E-state index in [0.29, 0.717) is 17.5 Å². The smallest absolute Gasteiger partial charge is 0.230 e. The van der Waals surface area contributed by atoms with Crippen molar-refractivity contribution in [2.75, 3.05) is 12.9 Å². The number of hydrogen-bond donors (Lipinski definition) is 1. The highest BCUT2D eigenvalue weighted by atomic mass is 32.2. The number of carbonyl (C=O) groups excluding carboxylic acids is 1. The van der Waals surface area contributed by atoms with Crippen molar-refractivity contribution in [3.05, 3.63) is 83.3 Å². The number of nitrogens with zero attached hydrogens (tertiary/aromatic N) is 3. The zero-order chi connectivity index (χ0) is 24.1. The number of thioether (sulfide) groups is 1. The number of aryl methyl sites for hydroxylation is 2. The SMILES string of the molecule is COc1cccc(-c2nnc(SCC(=O)NC(C)c3ccc(C)c(C)c3)n2Cc2ccco2)c1. The molecule has 0 saturated heterocycles. The van der Waals surface area contributed by atoms with Gasteiger partial charge in [0.05, 0.1) is 31.7 Å². The number of aromatic nitrogens is 3. The summed E-state index contributed by atoms with van der Waals surface area (Å²) in [5.41, 5.74) is 4.41. The number of methoxy groups -OCH3 is 1. The van der Waals surface area contributed by atoms with E-state index in [0.717, 1.165) is 22.6 Å². The lowest BCUT2D eigenvalue weighted by molar-refractivity contribution is -0.119. The van der Waals surface area contributed by atoms with Gasteiger partial charge in [-0.2, -0.15) is 0 Å². The van der Waals surface area contributed by atoms with Crippen LogP contribution in [-0.4, -0.2) is 33.5 Å². The summed E-state index contributed by atoms with van der Waals surface area (Å²) in [5.74, 6) is 2.36. The van der Waals surface area contributed by atoms with Gasteiger partial charge in [0.2, 0.25) is 5.91 Å². The molecule has 176 valence electrons. The number of amides is 1. The van der Waals surface area contributed by atoms with Crippen molar-refractivity contribution < 1.29 is 13.9 Å². The van der Waals surface area contributed by atoms with Gasteiger partial charge in [-0.25, -0.2) is 0 Å². The van der Waals surface area contributed by atoms with Crippen molar-refractivity contribution in [2.24, 2.45) is 0 Å². The predicted molar refractivity (Wildman–Crippen MR) is 133 cm³/mol. The quantitative estimate of drug-likeness (QED) is 0.335. The monoisotopic (exact) mass is 476 g/mol. The minimum absolute atomic E-state index is 0.0637. The van der Waals surface area contributed by atoms with Gasteiger partial charge in [0.15, 0.2) is 11.0 Å². The molecule has 0 aliphatic rings. The molecule has 0 fully saturated rings. The van der Waals surface area contributed by atoms with E-state index in [4.69, 9.17) is 9.15 Å². The number of benzene rings is 2. The molecule has 2 aromatic carbocycles. The van der Waals surface area contributed by atoms with Gasteiger partial charge < -0.3 is 14.5 Å². The lowest BCUT2D eigenvalue weighted by atomic mass is 10.0. The van der Waals surface area contributed by atoms with E-state index in [-0.39, 0.29) is 17.7 Å². The first kappa shape index (κ1) is 23.6. The first-order chi connectivity index (χ1) is 16.4. The zero-order valence-electron chi connectivity index (χ0n) is 19.7. The molecule has 0 radical (unpaired) electrons. The Balaban J connectivity index is 1.50. The number of ether oxygens (including phenoxy) is 1. The molecule has 7 nitrogen and oxygen atoms in total. The Labute approximate surface area is 203 Å². The maximum Gasteiger partial charge on any atom is 0.230 e. The van der Waals surface area contributed by atoms with E-state index in [9.17, 15) is 4.79 Å². The standard InChI is InChI=1S/C26H28N4O3S/c1-17-10-11-20(13-18(17)2)19(3)27-24(31)16-34-26-29-28-25(21-7-5-8-22(14-21)32-4)30(26)15-23-9-6-12-33-23/h5-14,19H,15-16H2,1-4H3,(H,27,31). The van der Waals surface area contributed by atoms with Gasteiger partial charge in [-0.3, -0.25) is 9.36 Å². The fourth-order valence-corrected chi connectivity index (χ4v) is 4.35. The lowest BCUT2D eigenvalue weighted by Gasteiger charge is -2.16. The lowest BCUT2D eigenvalue weighted by Crippen LogP contribution is -2.28. The van der Waals surface area contributed by atoms with Crippen molar-refractivity contribution in [2.45, 2.75) is 38.5 Å². The summed E-state index contributed by atoms with van der Waals surface area (Å²) in [6.45, 7) is 6.61. The van der Waals surface area contributed by atoms with E-state index in [1.54, 1.807) is 13.4 Å². The Morgan fingerprint density at radius 1 is 1.12 bits per heavy atom. The van der Waals surface area contributed by atoms with Crippen molar-refractivity contribution in [1.29, 1.82) is 0 Å². The van der Waals surface area contributed by atoms with E-state index in [2.05, 4.69) is 47.6 Å². The second-order valence-corrected chi connectivity index (χ2v) is 9.07. The third kappa shape index (κ3) is 5.51. The van der Waals surface area contributed by atoms with Gasteiger partial charge in [0.1, 0.15) is 11.5 Å². The van der Waals surface area contributed by atoms with E-state index < -0.39 is 0 Å². The first-order valence-corrected chi connectivity index (χ1v) is 12.0. The third-order valence-corrected chi connectivity index (χ3v) is 6.65. The molecule has 0 bridgehead atoms. The third-order valence-electron chi connectivity index (χ3n) is 5.68. The average Bonchev–Trinajstić information content (AvgIpc) is 3.50. The summed E-state index contributed by atoms with van der Waals surface area (Å²) in [4.78, 5) is 12.7. The Morgan fingerprint density at radius 3 is 2.71 bits per heavy atom. The van der Waals surface area contributed by atoms with Gasteiger partial charge in [-0.1, -0.05) is 42.1 Å². The van der Waals surface area contributed by atoms with Crippen LogP contribution in [0.2, 0.25) is 0 Å². The average molecular weight is 477 g/mol. The summed E-state index contributed by atoms with van der Waals surface area (Å²) in [7, 11) is 1.63. The molecule has 0 spiro atoms.